The van der Waals surface area contributed by atoms with Crippen LogP contribution in [0.1, 0.15) is 25.0 Å². The van der Waals surface area contributed by atoms with Gasteiger partial charge in [0.15, 0.2) is 0 Å². The molecule has 4 rings (SSSR count). The number of carbonyl (C=O) groups excluding carboxylic acids is 2. The SMILES string of the molecule is O=C(Cc1ccccn1)N1CCC2(CC1)CCN(c1ccsc1)C2=O. The predicted molar refractivity (Wildman–Crippen MR) is 97.5 cm³/mol. The third-order valence-electron chi connectivity index (χ3n) is 5.46. The number of piperidine rings is 1. The van der Waals surface area contributed by atoms with E-state index in [9.17, 15) is 9.59 Å². The van der Waals surface area contributed by atoms with Gasteiger partial charge in [0, 0.05) is 36.9 Å². The molecule has 2 amide bonds. The van der Waals surface area contributed by atoms with Crippen LogP contribution in [-0.2, 0) is 16.0 Å². The summed E-state index contributed by atoms with van der Waals surface area (Å²) >= 11 is 1.62. The van der Waals surface area contributed by atoms with Gasteiger partial charge in [-0.1, -0.05) is 6.07 Å². The number of hydrogen-bond acceptors (Lipinski definition) is 4. The molecule has 0 bridgehead atoms. The number of pyridine rings is 1. The maximum atomic E-state index is 13.0. The van der Waals surface area contributed by atoms with Crippen molar-refractivity contribution in [1.29, 1.82) is 0 Å². The maximum Gasteiger partial charge on any atom is 0.233 e. The van der Waals surface area contributed by atoms with E-state index in [-0.39, 0.29) is 17.2 Å². The van der Waals surface area contributed by atoms with E-state index in [0.29, 0.717) is 19.5 Å². The number of amides is 2. The largest absolute Gasteiger partial charge is 0.342 e. The third-order valence-corrected chi connectivity index (χ3v) is 6.13. The van der Waals surface area contributed by atoms with E-state index >= 15 is 0 Å². The molecule has 0 unspecified atom stereocenters. The molecule has 0 saturated carbocycles. The number of likely N-dealkylation sites (tertiary alicyclic amines) is 1. The molecular weight excluding hydrogens is 334 g/mol. The van der Waals surface area contributed by atoms with Gasteiger partial charge in [-0.25, -0.2) is 0 Å². The second-order valence-corrected chi connectivity index (χ2v) is 7.63. The summed E-state index contributed by atoms with van der Waals surface area (Å²) in [6, 6.07) is 7.64. The lowest BCUT2D eigenvalue weighted by Crippen LogP contribution is -2.47. The van der Waals surface area contributed by atoms with Crippen LogP contribution in [0.25, 0.3) is 0 Å². The lowest BCUT2D eigenvalue weighted by Gasteiger charge is -2.38. The molecule has 2 aromatic rings. The van der Waals surface area contributed by atoms with Gasteiger partial charge in [0.05, 0.1) is 17.5 Å². The average molecular weight is 355 g/mol. The summed E-state index contributed by atoms with van der Waals surface area (Å²) < 4.78 is 0. The molecule has 0 aromatic carbocycles. The van der Waals surface area contributed by atoms with Crippen LogP contribution in [0.4, 0.5) is 5.69 Å². The van der Waals surface area contributed by atoms with Crippen LogP contribution in [0.3, 0.4) is 0 Å². The fourth-order valence-electron chi connectivity index (χ4n) is 3.90. The molecular formula is C19H21N3O2S. The van der Waals surface area contributed by atoms with Crippen molar-refractivity contribution in [3.63, 3.8) is 0 Å². The van der Waals surface area contributed by atoms with Crippen LogP contribution in [0.15, 0.2) is 41.2 Å². The van der Waals surface area contributed by atoms with Crippen LogP contribution >= 0.6 is 11.3 Å². The van der Waals surface area contributed by atoms with Crippen molar-refractivity contribution < 1.29 is 9.59 Å². The molecule has 2 aliphatic rings. The molecule has 25 heavy (non-hydrogen) atoms. The van der Waals surface area contributed by atoms with Crippen molar-refractivity contribution >= 4 is 28.8 Å². The number of nitrogens with zero attached hydrogens (tertiary/aromatic N) is 3. The zero-order chi connectivity index (χ0) is 17.3. The Hall–Kier alpha value is -2.21. The van der Waals surface area contributed by atoms with Crippen LogP contribution in [0, 0.1) is 5.41 Å². The molecule has 2 aromatic heterocycles. The second kappa shape index (κ2) is 6.59. The van der Waals surface area contributed by atoms with Crippen molar-refractivity contribution in [3.05, 3.63) is 46.9 Å². The smallest absolute Gasteiger partial charge is 0.233 e. The van der Waals surface area contributed by atoms with E-state index in [2.05, 4.69) is 4.98 Å². The molecule has 0 atom stereocenters. The average Bonchev–Trinajstić information content (AvgIpc) is 3.26. The first kappa shape index (κ1) is 16.3. The van der Waals surface area contributed by atoms with E-state index in [1.165, 1.54) is 0 Å². The molecule has 6 heteroatoms. The number of thiophene rings is 1. The number of hydrogen-bond donors (Lipinski definition) is 0. The molecule has 4 heterocycles. The summed E-state index contributed by atoms with van der Waals surface area (Å²) in [5.74, 6) is 0.344. The van der Waals surface area contributed by atoms with Crippen molar-refractivity contribution in [1.82, 2.24) is 9.88 Å². The first-order chi connectivity index (χ1) is 12.2. The number of aromatic nitrogens is 1. The van der Waals surface area contributed by atoms with E-state index in [1.807, 2.05) is 44.8 Å². The Morgan fingerprint density at radius 3 is 2.64 bits per heavy atom. The molecule has 0 radical (unpaired) electrons. The van der Waals surface area contributed by atoms with Crippen molar-refractivity contribution in [2.45, 2.75) is 25.7 Å². The summed E-state index contributed by atoms with van der Waals surface area (Å²) in [6.45, 7) is 2.11. The number of carbonyl (C=O) groups is 2. The Labute approximate surface area is 151 Å². The Kier molecular flexibility index (Phi) is 4.29. The molecule has 2 saturated heterocycles. The lowest BCUT2D eigenvalue weighted by molar-refractivity contribution is -0.137. The third kappa shape index (κ3) is 3.06. The standard InChI is InChI=1S/C19H21N3O2S/c23-17(13-15-3-1-2-8-20-15)21-9-5-19(6-10-21)7-11-22(18(19)24)16-4-12-25-14-16/h1-4,8,12,14H,5-7,9-11,13H2. The van der Waals surface area contributed by atoms with Crippen molar-refractivity contribution in [2.24, 2.45) is 5.41 Å². The Bertz CT molecular complexity index is 752. The zero-order valence-electron chi connectivity index (χ0n) is 14.1. The van der Waals surface area contributed by atoms with Gasteiger partial charge in [-0.05, 0) is 42.8 Å². The normalized spacial score (nSPS) is 19.6. The van der Waals surface area contributed by atoms with Gasteiger partial charge in [0.25, 0.3) is 0 Å². The molecule has 0 N–H and O–H groups in total. The maximum absolute atomic E-state index is 13.0. The van der Waals surface area contributed by atoms with Gasteiger partial charge in [-0.2, -0.15) is 11.3 Å². The first-order valence-corrected chi connectivity index (χ1v) is 9.64. The van der Waals surface area contributed by atoms with Gasteiger partial charge in [-0.3, -0.25) is 14.6 Å². The number of anilines is 1. The molecule has 1 spiro atoms. The van der Waals surface area contributed by atoms with Crippen molar-refractivity contribution in [2.75, 3.05) is 24.5 Å². The minimum Gasteiger partial charge on any atom is -0.342 e. The number of rotatable bonds is 3. The quantitative estimate of drug-likeness (QED) is 0.851. The summed E-state index contributed by atoms with van der Waals surface area (Å²) in [6.07, 6.45) is 4.47. The first-order valence-electron chi connectivity index (χ1n) is 8.70. The molecule has 2 aliphatic heterocycles. The highest BCUT2D eigenvalue weighted by Crippen LogP contribution is 2.43. The zero-order valence-corrected chi connectivity index (χ0v) is 14.9. The monoisotopic (exact) mass is 355 g/mol. The van der Waals surface area contributed by atoms with Gasteiger partial charge in [-0.15, -0.1) is 0 Å². The predicted octanol–water partition coefficient (Wildman–Crippen LogP) is 2.73. The summed E-state index contributed by atoms with van der Waals surface area (Å²) in [4.78, 5) is 33.5. The van der Waals surface area contributed by atoms with Crippen LogP contribution in [-0.4, -0.2) is 41.3 Å². The highest BCUT2D eigenvalue weighted by molar-refractivity contribution is 7.08. The molecule has 5 nitrogen and oxygen atoms in total. The minimum atomic E-state index is -0.274. The Balaban J connectivity index is 1.38. The van der Waals surface area contributed by atoms with Gasteiger partial charge >= 0.3 is 0 Å². The van der Waals surface area contributed by atoms with Crippen LogP contribution < -0.4 is 4.90 Å². The lowest BCUT2D eigenvalue weighted by atomic mass is 9.77. The highest BCUT2D eigenvalue weighted by atomic mass is 32.1. The van der Waals surface area contributed by atoms with Gasteiger partial charge in [0.2, 0.25) is 11.8 Å². The Morgan fingerprint density at radius 2 is 1.96 bits per heavy atom. The van der Waals surface area contributed by atoms with Crippen molar-refractivity contribution in [3.8, 4) is 0 Å². The molecule has 130 valence electrons. The molecule has 2 fully saturated rings. The van der Waals surface area contributed by atoms with Crippen LogP contribution in [0.2, 0.25) is 0 Å². The van der Waals surface area contributed by atoms with Crippen LogP contribution in [0.5, 0.6) is 0 Å². The van der Waals surface area contributed by atoms with E-state index in [4.69, 9.17) is 0 Å². The topological polar surface area (TPSA) is 53.5 Å². The summed E-state index contributed by atoms with van der Waals surface area (Å²) in [5.41, 5.74) is 1.54. The van der Waals surface area contributed by atoms with Gasteiger partial charge in [0.1, 0.15) is 0 Å². The fraction of sp³-hybridized carbons (Fsp3) is 0.421. The van der Waals surface area contributed by atoms with E-state index < -0.39 is 0 Å². The highest BCUT2D eigenvalue weighted by Gasteiger charge is 2.48. The minimum absolute atomic E-state index is 0.105. The molecule has 0 aliphatic carbocycles. The van der Waals surface area contributed by atoms with E-state index in [1.54, 1.807) is 17.5 Å². The second-order valence-electron chi connectivity index (χ2n) is 6.85. The van der Waals surface area contributed by atoms with Gasteiger partial charge < -0.3 is 9.80 Å². The summed E-state index contributed by atoms with van der Waals surface area (Å²) in [5, 5.41) is 4.04. The Morgan fingerprint density at radius 1 is 1.16 bits per heavy atom. The van der Waals surface area contributed by atoms with E-state index in [0.717, 1.165) is 37.2 Å². The fourth-order valence-corrected chi connectivity index (χ4v) is 4.54. The summed E-state index contributed by atoms with van der Waals surface area (Å²) in [7, 11) is 0.